The smallest absolute Gasteiger partial charge is 0.243 e. The quantitative estimate of drug-likeness (QED) is 0.843. The third-order valence-electron chi connectivity index (χ3n) is 5.17. The van der Waals surface area contributed by atoms with Crippen LogP contribution >= 0.6 is 23.2 Å². The molecule has 2 fully saturated rings. The van der Waals surface area contributed by atoms with Gasteiger partial charge in [0.05, 0.1) is 14.9 Å². The van der Waals surface area contributed by atoms with Crippen LogP contribution < -0.4 is 5.32 Å². The molecule has 0 atom stereocenters. The third-order valence-corrected chi connectivity index (χ3v) is 7.81. The first-order valence-corrected chi connectivity index (χ1v) is 10.2. The van der Waals surface area contributed by atoms with Gasteiger partial charge in [0, 0.05) is 26.1 Å². The molecule has 0 unspecified atom stereocenters. The fourth-order valence-corrected chi connectivity index (χ4v) is 5.38. The van der Waals surface area contributed by atoms with Crippen molar-refractivity contribution in [2.75, 3.05) is 19.6 Å². The van der Waals surface area contributed by atoms with Crippen LogP contribution in [0.15, 0.2) is 23.1 Å². The first-order chi connectivity index (χ1) is 11.3. The van der Waals surface area contributed by atoms with Gasteiger partial charge in [0.15, 0.2) is 0 Å². The number of nitrogens with zero attached hydrogens (tertiary/aromatic N) is 1. The van der Waals surface area contributed by atoms with Gasteiger partial charge in [-0.1, -0.05) is 23.2 Å². The molecule has 1 amide bonds. The molecule has 1 aromatic carbocycles. The van der Waals surface area contributed by atoms with E-state index in [1.165, 1.54) is 22.5 Å². The molecule has 2 heterocycles. The summed E-state index contributed by atoms with van der Waals surface area (Å²) in [5.41, 5.74) is 0.0722. The molecule has 0 radical (unpaired) electrons. The van der Waals surface area contributed by atoms with Gasteiger partial charge >= 0.3 is 0 Å². The summed E-state index contributed by atoms with van der Waals surface area (Å²) in [5, 5.41) is 3.47. The van der Waals surface area contributed by atoms with Gasteiger partial charge in [-0.2, -0.15) is 4.31 Å². The molecule has 1 spiro atoms. The van der Waals surface area contributed by atoms with Gasteiger partial charge in [-0.3, -0.25) is 4.79 Å². The number of piperidine rings is 1. The van der Waals surface area contributed by atoms with E-state index in [4.69, 9.17) is 23.2 Å². The minimum Gasteiger partial charge on any atom is -0.356 e. The number of hydrogen-bond acceptors (Lipinski definition) is 3. The van der Waals surface area contributed by atoms with Crippen LogP contribution in [0.1, 0.15) is 32.1 Å². The Morgan fingerprint density at radius 2 is 1.75 bits per heavy atom. The van der Waals surface area contributed by atoms with Crippen LogP contribution in [-0.4, -0.2) is 38.3 Å². The molecule has 0 aliphatic carbocycles. The van der Waals surface area contributed by atoms with E-state index in [1.807, 2.05) is 0 Å². The Hall–Kier alpha value is -0.820. The maximum absolute atomic E-state index is 12.8. The van der Waals surface area contributed by atoms with Gasteiger partial charge in [0.25, 0.3) is 0 Å². The minimum atomic E-state index is -3.57. The van der Waals surface area contributed by atoms with E-state index in [2.05, 4.69) is 5.32 Å². The molecule has 5 nitrogen and oxygen atoms in total. The van der Waals surface area contributed by atoms with Gasteiger partial charge in [-0.05, 0) is 49.3 Å². The highest BCUT2D eigenvalue weighted by Gasteiger charge is 2.39. The van der Waals surface area contributed by atoms with E-state index >= 15 is 0 Å². The van der Waals surface area contributed by atoms with Crippen molar-refractivity contribution in [3.63, 3.8) is 0 Å². The summed E-state index contributed by atoms with van der Waals surface area (Å²) >= 11 is 11.8. The predicted octanol–water partition coefficient (Wildman–Crippen LogP) is 3.06. The summed E-state index contributed by atoms with van der Waals surface area (Å²) in [6, 6.07) is 4.39. The fourth-order valence-electron chi connectivity index (χ4n) is 3.55. The molecule has 24 heavy (non-hydrogen) atoms. The highest BCUT2D eigenvalue weighted by Crippen LogP contribution is 2.41. The Balaban J connectivity index is 1.73. The van der Waals surface area contributed by atoms with E-state index in [1.54, 1.807) is 0 Å². The molecule has 2 aliphatic heterocycles. The lowest BCUT2D eigenvalue weighted by molar-refractivity contribution is -0.120. The maximum atomic E-state index is 12.8. The zero-order chi connectivity index (χ0) is 17.4. The second-order valence-corrected chi connectivity index (χ2v) is 9.33. The lowest BCUT2D eigenvalue weighted by atomic mass is 9.73. The van der Waals surface area contributed by atoms with Crippen molar-refractivity contribution >= 4 is 39.1 Å². The average Bonchev–Trinajstić information content (AvgIpc) is 2.73. The van der Waals surface area contributed by atoms with Crippen molar-refractivity contribution in [2.24, 2.45) is 5.41 Å². The molecule has 8 heteroatoms. The average molecular weight is 391 g/mol. The summed E-state index contributed by atoms with van der Waals surface area (Å²) < 4.78 is 27.1. The van der Waals surface area contributed by atoms with Crippen LogP contribution in [0.25, 0.3) is 0 Å². The third kappa shape index (κ3) is 3.57. The highest BCUT2D eigenvalue weighted by molar-refractivity contribution is 7.89. The number of carbonyl (C=O) groups excluding carboxylic acids is 1. The number of hydrogen-bond donors (Lipinski definition) is 1. The first kappa shape index (κ1) is 18.0. The normalized spacial score (nSPS) is 22.2. The molecular formula is C16H20Cl2N2O3S. The maximum Gasteiger partial charge on any atom is 0.243 e. The van der Waals surface area contributed by atoms with E-state index in [9.17, 15) is 13.2 Å². The number of nitrogens with one attached hydrogen (secondary N) is 1. The Kier molecular flexibility index (Phi) is 5.12. The number of benzene rings is 1. The van der Waals surface area contributed by atoms with Crippen LogP contribution in [0.5, 0.6) is 0 Å². The topological polar surface area (TPSA) is 66.5 Å². The van der Waals surface area contributed by atoms with E-state index in [0.29, 0.717) is 31.1 Å². The summed E-state index contributed by atoms with van der Waals surface area (Å²) in [6.45, 7) is 1.62. The van der Waals surface area contributed by atoms with Crippen molar-refractivity contribution < 1.29 is 13.2 Å². The molecule has 2 saturated heterocycles. The second kappa shape index (κ2) is 6.83. The van der Waals surface area contributed by atoms with E-state index in [0.717, 1.165) is 25.7 Å². The fraction of sp³-hybridized carbons (Fsp3) is 0.562. The molecule has 0 bridgehead atoms. The summed E-state index contributed by atoms with van der Waals surface area (Å²) in [5.74, 6) is 0.0951. The van der Waals surface area contributed by atoms with Gasteiger partial charge < -0.3 is 5.32 Å². The number of halogens is 2. The second-order valence-electron chi connectivity index (χ2n) is 6.58. The standard InChI is InChI=1S/C16H20Cl2N2O3S/c17-13-2-1-12(11-14(13)18)24(22,23)20-9-6-16(7-10-20)4-3-15(21)19-8-5-16/h1-2,11H,3-10H2,(H,19,21). The SMILES string of the molecule is O=C1CCC2(CCN1)CCN(S(=O)(=O)c1ccc(Cl)c(Cl)c1)CC2. The predicted molar refractivity (Wildman–Crippen MR) is 93.7 cm³/mol. The Labute approximate surface area is 152 Å². The zero-order valence-corrected chi connectivity index (χ0v) is 15.6. The van der Waals surface area contributed by atoms with Crippen molar-refractivity contribution in [1.82, 2.24) is 9.62 Å². The molecule has 2 aliphatic rings. The number of rotatable bonds is 2. The van der Waals surface area contributed by atoms with Crippen molar-refractivity contribution in [3.05, 3.63) is 28.2 Å². The summed E-state index contributed by atoms with van der Waals surface area (Å²) in [7, 11) is -3.57. The lowest BCUT2D eigenvalue weighted by Gasteiger charge is -2.40. The Bertz CT molecular complexity index is 744. The molecule has 3 rings (SSSR count). The largest absolute Gasteiger partial charge is 0.356 e. The highest BCUT2D eigenvalue weighted by atomic mass is 35.5. The van der Waals surface area contributed by atoms with Crippen LogP contribution in [0.2, 0.25) is 10.0 Å². The van der Waals surface area contributed by atoms with Gasteiger partial charge in [0.2, 0.25) is 15.9 Å². The van der Waals surface area contributed by atoms with Gasteiger partial charge in [0.1, 0.15) is 0 Å². The Morgan fingerprint density at radius 1 is 1.04 bits per heavy atom. The number of amides is 1. The van der Waals surface area contributed by atoms with E-state index in [-0.39, 0.29) is 21.2 Å². The van der Waals surface area contributed by atoms with Crippen molar-refractivity contribution in [3.8, 4) is 0 Å². The molecular weight excluding hydrogens is 371 g/mol. The summed E-state index contributed by atoms with van der Waals surface area (Å²) in [6.07, 6.45) is 3.84. The number of sulfonamides is 1. The molecule has 1 N–H and O–H groups in total. The van der Waals surface area contributed by atoms with Gasteiger partial charge in [-0.25, -0.2) is 8.42 Å². The van der Waals surface area contributed by atoms with Crippen molar-refractivity contribution in [1.29, 1.82) is 0 Å². The van der Waals surface area contributed by atoms with Crippen LogP contribution in [0, 0.1) is 5.41 Å². The monoisotopic (exact) mass is 390 g/mol. The molecule has 0 aromatic heterocycles. The van der Waals surface area contributed by atoms with Gasteiger partial charge in [-0.15, -0.1) is 0 Å². The van der Waals surface area contributed by atoms with E-state index < -0.39 is 10.0 Å². The molecule has 0 saturated carbocycles. The van der Waals surface area contributed by atoms with Crippen LogP contribution in [-0.2, 0) is 14.8 Å². The Morgan fingerprint density at radius 3 is 2.42 bits per heavy atom. The zero-order valence-electron chi connectivity index (χ0n) is 13.2. The van der Waals surface area contributed by atoms with Crippen molar-refractivity contribution in [2.45, 2.75) is 37.0 Å². The number of carbonyl (C=O) groups is 1. The molecule has 132 valence electrons. The van der Waals surface area contributed by atoms with Crippen LogP contribution in [0.3, 0.4) is 0 Å². The lowest BCUT2D eigenvalue weighted by Crippen LogP contribution is -2.43. The first-order valence-electron chi connectivity index (χ1n) is 8.04. The summed E-state index contributed by atoms with van der Waals surface area (Å²) in [4.78, 5) is 11.7. The molecule has 1 aromatic rings. The van der Waals surface area contributed by atoms with Crippen LogP contribution in [0.4, 0.5) is 0 Å². The minimum absolute atomic E-state index is 0.0722.